The third kappa shape index (κ3) is 5.67. The Morgan fingerprint density at radius 1 is 0.829 bits per heavy atom. The fourth-order valence-electron chi connectivity index (χ4n) is 4.52. The van der Waals surface area contributed by atoms with Crippen LogP contribution in [0.1, 0.15) is 32.1 Å². The molecule has 2 amide bonds. The van der Waals surface area contributed by atoms with E-state index < -0.39 is 34.5 Å². The summed E-state index contributed by atoms with van der Waals surface area (Å²) in [5.41, 5.74) is -1.73. The summed E-state index contributed by atoms with van der Waals surface area (Å²) < 4.78 is 37.7. The van der Waals surface area contributed by atoms with Crippen LogP contribution in [0.4, 0.5) is 8.78 Å². The van der Waals surface area contributed by atoms with Crippen LogP contribution in [-0.4, -0.2) is 41.9 Å². The maximum atomic E-state index is 13.5. The van der Waals surface area contributed by atoms with E-state index in [-0.39, 0.29) is 47.0 Å². The van der Waals surface area contributed by atoms with E-state index >= 15 is 0 Å². The van der Waals surface area contributed by atoms with E-state index in [0.717, 1.165) is 12.1 Å². The number of amides is 2. The summed E-state index contributed by atoms with van der Waals surface area (Å²) in [4.78, 5) is 37.9. The van der Waals surface area contributed by atoms with Crippen molar-refractivity contribution in [1.29, 1.82) is 0 Å². The topological polar surface area (TPSA) is 93.7 Å². The van der Waals surface area contributed by atoms with Crippen molar-refractivity contribution < 1.29 is 32.6 Å². The van der Waals surface area contributed by atoms with Gasteiger partial charge in [-0.2, -0.15) is 0 Å². The van der Waals surface area contributed by atoms with Crippen LogP contribution in [0.5, 0.6) is 11.5 Å². The number of carbonyl (C=O) groups excluding carboxylic acids is 3. The van der Waals surface area contributed by atoms with Crippen LogP contribution in [0.15, 0.2) is 36.4 Å². The lowest BCUT2D eigenvalue weighted by molar-refractivity contribution is -0.143. The van der Waals surface area contributed by atoms with E-state index in [1.54, 1.807) is 0 Å². The van der Waals surface area contributed by atoms with E-state index in [1.807, 2.05) is 0 Å². The molecular weight excluding hydrogens is 505 g/mol. The highest BCUT2D eigenvalue weighted by molar-refractivity contribution is 6.31. The van der Waals surface area contributed by atoms with Crippen molar-refractivity contribution in [2.75, 3.05) is 13.2 Å². The molecule has 3 aliphatic carbocycles. The number of hydrogen-bond donors (Lipinski definition) is 2. The van der Waals surface area contributed by atoms with E-state index in [9.17, 15) is 23.2 Å². The van der Waals surface area contributed by atoms with Gasteiger partial charge in [0.05, 0.1) is 15.6 Å². The van der Waals surface area contributed by atoms with Gasteiger partial charge in [-0.3, -0.25) is 14.4 Å². The largest absolute Gasteiger partial charge is 0.484 e. The second kappa shape index (κ2) is 9.99. The zero-order chi connectivity index (χ0) is 25.2. The number of benzene rings is 2. The summed E-state index contributed by atoms with van der Waals surface area (Å²) in [6, 6.07) is 7.70. The van der Waals surface area contributed by atoms with E-state index in [1.165, 1.54) is 24.3 Å². The predicted molar refractivity (Wildman–Crippen MR) is 124 cm³/mol. The molecular formula is C24H22Cl2F2N2O5. The van der Waals surface area contributed by atoms with Crippen LogP contribution >= 0.6 is 23.2 Å². The molecule has 0 aromatic heterocycles. The molecule has 3 fully saturated rings. The van der Waals surface area contributed by atoms with Crippen molar-refractivity contribution in [2.45, 2.75) is 43.2 Å². The van der Waals surface area contributed by atoms with Gasteiger partial charge in [-0.25, -0.2) is 8.78 Å². The average molecular weight is 527 g/mol. The first kappa shape index (κ1) is 25.2. The molecule has 2 bridgehead atoms. The zero-order valence-electron chi connectivity index (χ0n) is 18.5. The highest BCUT2D eigenvalue weighted by Gasteiger charge is 2.55. The van der Waals surface area contributed by atoms with Crippen LogP contribution in [0.25, 0.3) is 0 Å². The van der Waals surface area contributed by atoms with Gasteiger partial charge in [0.25, 0.3) is 11.8 Å². The third-order valence-electron chi connectivity index (χ3n) is 6.40. The molecule has 7 nitrogen and oxygen atoms in total. The smallest absolute Gasteiger partial charge is 0.258 e. The first-order chi connectivity index (χ1) is 16.6. The average Bonchev–Trinajstić information content (AvgIpc) is 2.82. The molecule has 3 aliphatic rings. The Morgan fingerprint density at radius 3 is 1.77 bits per heavy atom. The second-order valence-corrected chi connectivity index (χ2v) is 9.60. The van der Waals surface area contributed by atoms with Gasteiger partial charge < -0.3 is 20.1 Å². The summed E-state index contributed by atoms with van der Waals surface area (Å²) in [6.07, 6.45) is 1.76. The van der Waals surface area contributed by atoms with Crippen molar-refractivity contribution in [3.05, 3.63) is 58.1 Å². The Morgan fingerprint density at radius 2 is 1.31 bits per heavy atom. The molecule has 186 valence electrons. The number of ether oxygens (including phenoxy) is 2. The van der Waals surface area contributed by atoms with Crippen LogP contribution in [-0.2, 0) is 14.4 Å². The molecule has 2 N–H and O–H groups in total. The second-order valence-electron chi connectivity index (χ2n) is 8.79. The Kier molecular flexibility index (Phi) is 7.19. The molecule has 2 aromatic carbocycles. The summed E-state index contributed by atoms with van der Waals surface area (Å²) in [7, 11) is 0. The minimum absolute atomic E-state index is 0.0513. The number of Topliss-reactive ketones (excluding diaryl/α,β-unsaturated/α-hetero) is 1. The number of rotatable bonds is 8. The lowest BCUT2D eigenvalue weighted by Gasteiger charge is -2.52. The molecule has 0 heterocycles. The maximum absolute atomic E-state index is 13.5. The minimum Gasteiger partial charge on any atom is -0.484 e. The lowest BCUT2D eigenvalue weighted by atomic mass is 9.60. The van der Waals surface area contributed by atoms with Gasteiger partial charge >= 0.3 is 0 Å². The molecule has 0 atom stereocenters. The van der Waals surface area contributed by atoms with Crippen molar-refractivity contribution in [2.24, 2.45) is 0 Å². The van der Waals surface area contributed by atoms with Crippen LogP contribution in [0.3, 0.4) is 0 Å². The Bertz CT molecular complexity index is 1170. The Balaban J connectivity index is 1.28. The number of nitrogens with one attached hydrogen (secondary N) is 2. The molecule has 0 spiro atoms. The standard InChI is InChI=1S/C24H22Cl2F2N2O5/c25-16-3-1-14(9-18(16)27)34-12-21(32)29-23-5-7-24(8-6-23,20(31)11-23)30-22(33)13-35-15-2-4-17(26)19(28)10-15/h1-4,9-10H,5-8,11-13H2,(H,29,32)(H,30,33). The summed E-state index contributed by atoms with van der Waals surface area (Å²) in [5.74, 6) is -2.14. The highest BCUT2D eigenvalue weighted by atomic mass is 35.5. The van der Waals surface area contributed by atoms with Crippen molar-refractivity contribution in [1.82, 2.24) is 10.6 Å². The summed E-state index contributed by atoms with van der Waals surface area (Å²) in [5, 5.41) is 5.55. The van der Waals surface area contributed by atoms with Gasteiger partial charge in [0, 0.05) is 24.1 Å². The number of ketones is 1. The lowest BCUT2D eigenvalue weighted by Crippen LogP contribution is -2.69. The van der Waals surface area contributed by atoms with Crippen LogP contribution < -0.4 is 20.1 Å². The summed E-state index contributed by atoms with van der Waals surface area (Å²) >= 11 is 11.3. The molecule has 2 aromatic rings. The van der Waals surface area contributed by atoms with Crippen LogP contribution in [0, 0.1) is 11.6 Å². The number of halogens is 4. The van der Waals surface area contributed by atoms with Gasteiger partial charge in [-0.1, -0.05) is 23.2 Å². The van der Waals surface area contributed by atoms with Gasteiger partial charge in [0.15, 0.2) is 19.0 Å². The van der Waals surface area contributed by atoms with Gasteiger partial charge in [0.2, 0.25) is 0 Å². The first-order valence-corrected chi connectivity index (χ1v) is 11.7. The maximum Gasteiger partial charge on any atom is 0.258 e. The minimum atomic E-state index is -1.02. The molecule has 3 saturated carbocycles. The normalized spacial score (nSPS) is 23.0. The Labute approximate surface area is 210 Å². The van der Waals surface area contributed by atoms with E-state index in [0.29, 0.717) is 25.7 Å². The highest BCUT2D eigenvalue weighted by Crippen LogP contribution is 2.44. The number of fused-ring (bicyclic) bond motifs is 3. The van der Waals surface area contributed by atoms with E-state index in [2.05, 4.69) is 10.6 Å². The molecule has 0 unspecified atom stereocenters. The first-order valence-electron chi connectivity index (χ1n) is 10.9. The van der Waals surface area contributed by atoms with Gasteiger partial charge in [-0.05, 0) is 49.9 Å². The third-order valence-corrected chi connectivity index (χ3v) is 7.01. The van der Waals surface area contributed by atoms with Crippen molar-refractivity contribution in [3.63, 3.8) is 0 Å². The van der Waals surface area contributed by atoms with Gasteiger partial charge in [-0.15, -0.1) is 0 Å². The van der Waals surface area contributed by atoms with E-state index in [4.69, 9.17) is 32.7 Å². The molecule has 0 radical (unpaired) electrons. The zero-order valence-corrected chi connectivity index (χ0v) is 20.0. The fraction of sp³-hybridized carbons (Fsp3) is 0.375. The number of hydrogen-bond acceptors (Lipinski definition) is 5. The molecule has 11 heteroatoms. The predicted octanol–water partition coefficient (Wildman–Crippen LogP) is 3.99. The molecule has 35 heavy (non-hydrogen) atoms. The molecule has 0 aliphatic heterocycles. The van der Waals surface area contributed by atoms with Crippen molar-refractivity contribution >= 4 is 40.8 Å². The molecule has 0 saturated heterocycles. The quantitative estimate of drug-likeness (QED) is 0.542. The fourth-order valence-corrected chi connectivity index (χ4v) is 4.75. The monoisotopic (exact) mass is 526 g/mol. The molecule has 5 rings (SSSR count). The van der Waals surface area contributed by atoms with Crippen LogP contribution in [0.2, 0.25) is 10.0 Å². The van der Waals surface area contributed by atoms with Crippen molar-refractivity contribution in [3.8, 4) is 11.5 Å². The Hall–Kier alpha value is -2.91. The van der Waals surface area contributed by atoms with Gasteiger partial charge in [0.1, 0.15) is 23.1 Å². The SMILES string of the molecule is O=C(COc1ccc(Cl)c(F)c1)NC12CCC(NC(=O)COc3ccc(Cl)c(F)c3)(CC1)C(=O)C2. The number of carbonyl (C=O) groups is 3. The summed E-state index contributed by atoms with van der Waals surface area (Å²) in [6.45, 7) is -0.734.